The summed E-state index contributed by atoms with van der Waals surface area (Å²) in [7, 11) is 1.89. The Labute approximate surface area is 124 Å². The molecule has 0 saturated heterocycles. The molecule has 0 aliphatic carbocycles. The van der Waals surface area contributed by atoms with E-state index in [9.17, 15) is 4.79 Å². The Morgan fingerprint density at radius 1 is 1.10 bits per heavy atom. The number of alkyl carbamates (subject to hydrolysis) is 1. The van der Waals surface area contributed by atoms with Crippen molar-refractivity contribution in [2.24, 2.45) is 5.92 Å². The number of nitrogens with one attached hydrogen (secondary N) is 3. The molecule has 5 heteroatoms. The zero-order valence-electron chi connectivity index (χ0n) is 13.6. The fourth-order valence-corrected chi connectivity index (χ4v) is 1.92. The summed E-state index contributed by atoms with van der Waals surface area (Å²) in [5, 5.41) is 9.25. The number of carbonyl (C=O) groups excluding carboxylic acids is 1. The molecule has 0 radical (unpaired) electrons. The Morgan fingerprint density at radius 2 is 1.75 bits per heavy atom. The van der Waals surface area contributed by atoms with Crippen LogP contribution in [0.1, 0.15) is 46.5 Å². The van der Waals surface area contributed by atoms with Crippen LogP contribution in [0.5, 0.6) is 0 Å². The van der Waals surface area contributed by atoms with Gasteiger partial charge >= 0.3 is 6.09 Å². The van der Waals surface area contributed by atoms with Crippen molar-refractivity contribution in [3.8, 4) is 0 Å². The molecule has 0 spiro atoms. The van der Waals surface area contributed by atoms with E-state index in [1.807, 2.05) is 7.05 Å². The minimum absolute atomic E-state index is 0.215. The second-order valence-electron chi connectivity index (χ2n) is 5.43. The molecule has 0 aliphatic rings. The van der Waals surface area contributed by atoms with E-state index in [0.717, 1.165) is 25.9 Å². The fourth-order valence-electron chi connectivity index (χ4n) is 1.92. The molecule has 20 heavy (non-hydrogen) atoms. The van der Waals surface area contributed by atoms with Crippen LogP contribution in [0.25, 0.3) is 0 Å². The van der Waals surface area contributed by atoms with E-state index in [1.54, 1.807) is 0 Å². The second kappa shape index (κ2) is 13.2. The van der Waals surface area contributed by atoms with Crippen molar-refractivity contribution >= 4 is 6.09 Å². The minimum atomic E-state index is -0.307. The summed E-state index contributed by atoms with van der Waals surface area (Å²) in [5.41, 5.74) is 0. The van der Waals surface area contributed by atoms with Gasteiger partial charge in [0.1, 0.15) is 6.61 Å². The van der Waals surface area contributed by atoms with Gasteiger partial charge in [-0.2, -0.15) is 0 Å². The molecule has 0 bridgehead atoms. The highest BCUT2D eigenvalue weighted by Gasteiger charge is 2.13. The normalized spacial score (nSPS) is 12.4. The molecule has 0 aromatic heterocycles. The van der Waals surface area contributed by atoms with Gasteiger partial charge in [0.15, 0.2) is 0 Å². The molecule has 1 atom stereocenters. The maximum atomic E-state index is 11.5. The summed E-state index contributed by atoms with van der Waals surface area (Å²) in [5.74, 6) is 0.449. The van der Waals surface area contributed by atoms with Crippen LogP contribution in [-0.4, -0.2) is 45.4 Å². The Morgan fingerprint density at radius 3 is 2.30 bits per heavy atom. The lowest BCUT2D eigenvalue weighted by Gasteiger charge is -2.19. The smallest absolute Gasteiger partial charge is 0.407 e. The summed E-state index contributed by atoms with van der Waals surface area (Å²) >= 11 is 0. The van der Waals surface area contributed by atoms with Crippen LogP contribution in [0.4, 0.5) is 4.79 Å². The number of hydrogen-bond acceptors (Lipinski definition) is 4. The van der Waals surface area contributed by atoms with Crippen LogP contribution in [0.15, 0.2) is 0 Å². The largest absolute Gasteiger partial charge is 0.448 e. The highest BCUT2D eigenvalue weighted by atomic mass is 16.5. The molecule has 0 aliphatic heterocycles. The Hall–Kier alpha value is -0.810. The van der Waals surface area contributed by atoms with Crippen molar-refractivity contribution in [3.63, 3.8) is 0 Å². The SMILES string of the molecule is CCNCCCCCCNC(=O)OC[C@H](NC)C(C)C. The van der Waals surface area contributed by atoms with Crippen molar-refractivity contribution in [2.45, 2.75) is 52.5 Å². The van der Waals surface area contributed by atoms with Gasteiger partial charge in [0.25, 0.3) is 0 Å². The zero-order valence-corrected chi connectivity index (χ0v) is 13.6. The molecule has 0 unspecified atom stereocenters. The maximum Gasteiger partial charge on any atom is 0.407 e. The number of likely N-dealkylation sites (N-methyl/N-ethyl adjacent to an activating group) is 1. The maximum absolute atomic E-state index is 11.5. The Bertz CT molecular complexity index is 235. The molecule has 3 N–H and O–H groups in total. The van der Waals surface area contributed by atoms with E-state index in [0.29, 0.717) is 19.1 Å². The summed E-state index contributed by atoms with van der Waals surface area (Å²) in [6, 6.07) is 0.215. The lowest BCUT2D eigenvalue weighted by atomic mass is 10.1. The molecule has 0 aromatic rings. The molecule has 120 valence electrons. The number of amides is 1. The lowest BCUT2D eigenvalue weighted by Crippen LogP contribution is -2.38. The first-order chi connectivity index (χ1) is 9.61. The molecule has 1 amide bonds. The van der Waals surface area contributed by atoms with Crippen molar-refractivity contribution in [1.82, 2.24) is 16.0 Å². The van der Waals surface area contributed by atoms with Crippen LogP contribution in [-0.2, 0) is 4.74 Å². The van der Waals surface area contributed by atoms with Gasteiger partial charge in [-0.05, 0) is 38.9 Å². The Kier molecular flexibility index (Phi) is 12.7. The Balaban J connectivity index is 3.41. The number of hydrogen-bond donors (Lipinski definition) is 3. The zero-order chi connectivity index (χ0) is 15.2. The predicted molar refractivity (Wildman–Crippen MR) is 84.0 cm³/mol. The third-order valence-electron chi connectivity index (χ3n) is 3.37. The minimum Gasteiger partial charge on any atom is -0.448 e. The third-order valence-corrected chi connectivity index (χ3v) is 3.37. The van der Waals surface area contributed by atoms with Crippen molar-refractivity contribution in [3.05, 3.63) is 0 Å². The molecule has 0 aromatic carbocycles. The average Bonchev–Trinajstić information content (AvgIpc) is 2.42. The molecular weight excluding hydrogens is 254 g/mol. The molecule has 0 fully saturated rings. The van der Waals surface area contributed by atoms with Crippen LogP contribution in [0.3, 0.4) is 0 Å². The number of carbonyl (C=O) groups is 1. The summed E-state index contributed by atoms with van der Waals surface area (Å²) < 4.78 is 5.19. The van der Waals surface area contributed by atoms with E-state index in [4.69, 9.17) is 4.74 Å². The highest BCUT2D eigenvalue weighted by molar-refractivity contribution is 5.67. The lowest BCUT2D eigenvalue weighted by molar-refractivity contribution is 0.126. The van der Waals surface area contributed by atoms with Crippen LogP contribution < -0.4 is 16.0 Å². The summed E-state index contributed by atoms with van der Waals surface area (Å²) in [4.78, 5) is 11.5. The molecule has 0 heterocycles. The van der Waals surface area contributed by atoms with Gasteiger partial charge in [0.2, 0.25) is 0 Å². The van der Waals surface area contributed by atoms with E-state index >= 15 is 0 Å². The van der Waals surface area contributed by atoms with Gasteiger partial charge in [-0.3, -0.25) is 0 Å². The average molecular weight is 287 g/mol. The van der Waals surface area contributed by atoms with Crippen LogP contribution in [0.2, 0.25) is 0 Å². The first-order valence-corrected chi connectivity index (χ1v) is 7.90. The van der Waals surface area contributed by atoms with Crippen molar-refractivity contribution in [1.29, 1.82) is 0 Å². The molecule has 0 saturated carbocycles. The van der Waals surface area contributed by atoms with Crippen molar-refractivity contribution in [2.75, 3.05) is 33.3 Å². The highest BCUT2D eigenvalue weighted by Crippen LogP contribution is 2.01. The van der Waals surface area contributed by atoms with Gasteiger partial charge in [0.05, 0.1) is 0 Å². The van der Waals surface area contributed by atoms with Gasteiger partial charge in [0, 0.05) is 12.6 Å². The van der Waals surface area contributed by atoms with Gasteiger partial charge in [-0.25, -0.2) is 4.79 Å². The topological polar surface area (TPSA) is 62.4 Å². The van der Waals surface area contributed by atoms with Crippen molar-refractivity contribution < 1.29 is 9.53 Å². The van der Waals surface area contributed by atoms with E-state index < -0.39 is 0 Å². The fraction of sp³-hybridized carbons (Fsp3) is 0.933. The molecule has 5 nitrogen and oxygen atoms in total. The van der Waals surface area contributed by atoms with E-state index in [2.05, 4.69) is 36.7 Å². The van der Waals surface area contributed by atoms with Crippen LogP contribution >= 0.6 is 0 Å². The first kappa shape index (κ1) is 19.2. The number of unbranched alkanes of at least 4 members (excludes halogenated alkanes) is 3. The third kappa shape index (κ3) is 11.1. The van der Waals surface area contributed by atoms with E-state index in [-0.39, 0.29) is 12.1 Å². The quantitative estimate of drug-likeness (QED) is 0.481. The van der Waals surface area contributed by atoms with Gasteiger partial charge in [-0.1, -0.05) is 33.6 Å². The van der Waals surface area contributed by atoms with Crippen LogP contribution in [0, 0.1) is 5.92 Å². The second-order valence-corrected chi connectivity index (χ2v) is 5.43. The molecule has 0 rings (SSSR count). The molecular formula is C15H33N3O2. The standard InChI is InChI=1S/C15H33N3O2/c1-5-17-10-8-6-7-9-11-18-15(19)20-12-14(16-4)13(2)3/h13-14,16-17H,5-12H2,1-4H3,(H,18,19)/t14-/m0/s1. The van der Waals surface area contributed by atoms with Gasteiger partial charge < -0.3 is 20.7 Å². The predicted octanol–water partition coefficient (Wildman–Crippen LogP) is 2.13. The van der Waals surface area contributed by atoms with E-state index in [1.165, 1.54) is 12.8 Å². The van der Waals surface area contributed by atoms with Gasteiger partial charge in [-0.15, -0.1) is 0 Å². The number of ether oxygens (including phenoxy) is 1. The number of rotatable bonds is 12. The summed E-state index contributed by atoms with van der Waals surface area (Å²) in [6.07, 6.45) is 4.27. The first-order valence-electron chi connectivity index (χ1n) is 7.90. The monoisotopic (exact) mass is 287 g/mol. The summed E-state index contributed by atoms with van der Waals surface area (Å²) in [6.45, 7) is 9.58.